The molecule has 0 aliphatic heterocycles. The van der Waals surface area contributed by atoms with Crippen molar-refractivity contribution in [1.29, 1.82) is 0 Å². The third-order valence-electron chi connectivity index (χ3n) is 2.57. The highest BCUT2D eigenvalue weighted by Gasteiger charge is 2.25. The fourth-order valence-corrected chi connectivity index (χ4v) is 1.49. The monoisotopic (exact) mass is 275 g/mol. The molecule has 0 fully saturated rings. The van der Waals surface area contributed by atoms with E-state index in [4.69, 9.17) is 5.11 Å². The van der Waals surface area contributed by atoms with Crippen LogP contribution in [-0.4, -0.2) is 35.5 Å². The van der Waals surface area contributed by atoms with E-state index >= 15 is 0 Å². The predicted octanol–water partition coefficient (Wildman–Crippen LogP) is 1.90. The Hall–Kier alpha value is -2.05. The minimum atomic E-state index is -1.58. The van der Waals surface area contributed by atoms with Gasteiger partial charge in [-0.2, -0.15) is 0 Å². The molecule has 1 atom stereocenters. The van der Waals surface area contributed by atoms with Crippen LogP contribution in [0.4, 0.5) is 13.2 Å². The van der Waals surface area contributed by atoms with E-state index in [9.17, 15) is 22.8 Å². The lowest BCUT2D eigenvalue weighted by molar-refractivity contribution is -0.141. The van der Waals surface area contributed by atoms with E-state index in [0.29, 0.717) is 12.1 Å². The molecular formula is C12H12F3NO3. The van der Waals surface area contributed by atoms with Crippen LogP contribution in [0.3, 0.4) is 0 Å². The number of aliphatic carboxylic acids is 1. The molecule has 4 nitrogen and oxygen atoms in total. The van der Waals surface area contributed by atoms with E-state index in [1.165, 1.54) is 14.0 Å². The van der Waals surface area contributed by atoms with E-state index in [1.807, 2.05) is 0 Å². The summed E-state index contributed by atoms with van der Waals surface area (Å²) >= 11 is 0. The smallest absolute Gasteiger partial charge is 0.308 e. The summed E-state index contributed by atoms with van der Waals surface area (Å²) < 4.78 is 39.7. The summed E-state index contributed by atoms with van der Waals surface area (Å²) in [5.74, 6) is -7.29. The van der Waals surface area contributed by atoms with Crippen molar-refractivity contribution in [3.63, 3.8) is 0 Å². The first-order valence-corrected chi connectivity index (χ1v) is 5.37. The topological polar surface area (TPSA) is 57.6 Å². The molecule has 1 aromatic rings. The molecule has 1 aromatic carbocycles. The van der Waals surface area contributed by atoms with Crippen LogP contribution in [0.1, 0.15) is 17.3 Å². The minimum absolute atomic E-state index is 0.246. The summed E-state index contributed by atoms with van der Waals surface area (Å²) in [5, 5.41) is 8.69. The summed E-state index contributed by atoms with van der Waals surface area (Å²) in [6, 6.07) is 1.21. The van der Waals surface area contributed by atoms with Gasteiger partial charge in [-0.25, -0.2) is 13.2 Å². The highest BCUT2D eigenvalue weighted by atomic mass is 19.2. The molecule has 1 rings (SSSR count). The zero-order valence-electron chi connectivity index (χ0n) is 10.3. The summed E-state index contributed by atoms with van der Waals surface area (Å²) in [4.78, 5) is 23.3. The second-order valence-electron chi connectivity index (χ2n) is 4.14. The molecule has 0 bridgehead atoms. The van der Waals surface area contributed by atoms with Crippen LogP contribution in [0.5, 0.6) is 0 Å². The Morgan fingerprint density at radius 2 is 1.79 bits per heavy atom. The Bertz CT molecular complexity index is 519. The molecule has 0 aromatic heterocycles. The molecule has 1 unspecified atom stereocenters. The van der Waals surface area contributed by atoms with Crippen molar-refractivity contribution < 1.29 is 27.9 Å². The molecule has 0 heterocycles. The molecule has 104 valence electrons. The fourth-order valence-electron chi connectivity index (χ4n) is 1.49. The maximum atomic E-state index is 13.4. The van der Waals surface area contributed by atoms with Gasteiger partial charge in [-0.15, -0.1) is 0 Å². The third kappa shape index (κ3) is 3.24. The molecule has 0 spiro atoms. The van der Waals surface area contributed by atoms with Gasteiger partial charge in [0.1, 0.15) is 11.4 Å². The average Bonchev–Trinajstić information content (AvgIpc) is 2.33. The quantitative estimate of drug-likeness (QED) is 0.854. The number of rotatable bonds is 4. The first kappa shape index (κ1) is 15.0. The van der Waals surface area contributed by atoms with Gasteiger partial charge in [0, 0.05) is 13.6 Å². The molecule has 1 amide bonds. The first-order chi connectivity index (χ1) is 8.75. The zero-order valence-corrected chi connectivity index (χ0v) is 10.3. The van der Waals surface area contributed by atoms with E-state index < -0.39 is 40.8 Å². The number of hydrogen-bond acceptors (Lipinski definition) is 2. The van der Waals surface area contributed by atoms with Crippen molar-refractivity contribution in [3.8, 4) is 0 Å². The largest absolute Gasteiger partial charge is 0.481 e. The Kier molecular flexibility index (Phi) is 4.52. The van der Waals surface area contributed by atoms with Crippen molar-refractivity contribution >= 4 is 11.9 Å². The molecule has 1 N–H and O–H groups in total. The van der Waals surface area contributed by atoms with Gasteiger partial charge in [0.15, 0.2) is 11.6 Å². The summed E-state index contributed by atoms with van der Waals surface area (Å²) in [7, 11) is 1.19. The zero-order chi connectivity index (χ0) is 14.7. The fraction of sp³-hybridized carbons (Fsp3) is 0.333. The van der Waals surface area contributed by atoms with Crippen LogP contribution in [0.15, 0.2) is 12.1 Å². The van der Waals surface area contributed by atoms with Gasteiger partial charge in [0.2, 0.25) is 0 Å². The second kappa shape index (κ2) is 5.73. The normalized spacial score (nSPS) is 12.1. The highest BCUT2D eigenvalue weighted by molar-refractivity contribution is 5.94. The van der Waals surface area contributed by atoms with Crippen LogP contribution in [-0.2, 0) is 4.79 Å². The Labute approximate surface area is 107 Å². The number of nitrogens with zero attached hydrogens (tertiary/aromatic N) is 1. The number of hydrogen-bond donors (Lipinski definition) is 1. The van der Waals surface area contributed by atoms with Gasteiger partial charge in [0.05, 0.1) is 5.92 Å². The molecular weight excluding hydrogens is 263 g/mol. The molecule has 7 heteroatoms. The number of carboxylic acid groups (broad SMARTS) is 1. The maximum absolute atomic E-state index is 13.4. The van der Waals surface area contributed by atoms with Crippen molar-refractivity contribution in [2.24, 2.45) is 5.92 Å². The molecule has 0 saturated heterocycles. The molecule has 0 radical (unpaired) electrons. The standard InChI is InChI=1S/C12H12F3NO3/c1-6(12(18)19)5-16(2)11(17)9-7(13)3-4-8(14)10(9)15/h3-4,6H,5H2,1-2H3,(H,18,19). The lowest BCUT2D eigenvalue weighted by atomic mass is 10.1. The van der Waals surface area contributed by atoms with Gasteiger partial charge < -0.3 is 10.0 Å². The molecule has 0 saturated carbocycles. The predicted molar refractivity (Wildman–Crippen MR) is 60.1 cm³/mol. The number of benzene rings is 1. The minimum Gasteiger partial charge on any atom is -0.481 e. The average molecular weight is 275 g/mol. The second-order valence-corrected chi connectivity index (χ2v) is 4.14. The highest BCUT2D eigenvalue weighted by Crippen LogP contribution is 2.18. The van der Waals surface area contributed by atoms with Gasteiger partial charge in [-0.05, 0) is 12.1 Å². The summed E-state index contributed by atoms with van der Waals surface area (Å²) in [6.07, 6.45) is 0. The van der Waals surface area contributed by atoms with Crippen molar-refractivity contribution in [3.05, 3.63) is 35.1 Å². The Morgan fingerprint density at radius 1 is 1.26 bits per heavy atom. The van der Waals surface area contributed by atoms with Gasteiger partial charge in [-0.3, -0.25) is 9.59 Å². The van der Waals surface area contributed by atoms with Crippen molar-refractivity contribution in [2.45, 2.75) is 6.92 Å². The molecule has 0 aliphatic rings. The van der Waals surface area contributed by atoms with Crippen LogP contribution >= 0.6 is 0 Å². The summed E-state index contributed by atoms with van der Waals surface area (Å²) in [6.45, 7) is 1.09. The van der Waals surface area contributed by atoms with Gasteiger partial charge in [-0.1, -0.05) is 6.92 Å². The third-order valence-corrected chi connectivity index (χ3v) is 2.57. The number of amides is 1. The number of carboxylic acids is 1. The lowest BCUT2D eigenvalue weighted by Crippen LogP contribution is -2.34. The Morgan fingerprint density at radius 3 is 2.32 bits per heavy atom. The van der Waals surface area contributed by atoms with E-state index in [1.54, 1.807) is 0 Å². The molecule has 0 aliphatic carbocycles. The number of halogens is 3. The number of carbonyl (C=O) groups is 2. The SMILES string of the molecule is CC(CN(C)C(=O)c1c(F)ccc(F)c1F)C(=O)O. The van der Waals surface area contributed by atoms with Crippen molar-refractivity contribution in [2.75, 3.05) is 13.6 Å². The van der Waals surface area contributed by atoms with Gasteiger partial charge >= 0.3 is 5.97 Å². The number of carbonyl (C=O) groups excluding carboxylic acids is 1. The maximum Gasteiger partial charge on any atom is 0.308 e. The van der Waals surface area contributed by atoms with Crippen molar-refractivity contribution in [1.82, 2.24) is 4.90 Å². The van der Waals surface area contributed by atoms with E-state index in [-0.39, 0.29) is 6.54 Å². The van der Waals surface area contributed by atoms with Crippen LogP contribution < -0.4 is 0 Å². The van der Waals surface area contributed by atoms with Crippen LogP contribution in [0.2, 0.25) is 0 Å². The van der Waals surface area contributed by atoms with Gasteiger partial charge in [0.25, 0.3) is 5.91 Å². The van der Waals surface area contributed by atoms with Crippen LogP contribution in [0.25, 0.3) is 0 Å². The van der Waals surface area contributed by atoms with Crippen LogP contribution in [0, 0.1) is 23.4 Å². The van der Waals surface area contributed by atoms with E-state index in [2.05, 4.69) is 0 Å². The molecule has 19 heavy (non-hydrogen) atoms. The first-order valence-electron chi connectivity index (χ1n) is 5.37. The lowest BCUT2D eigenvalue weighted by Gasteiger charge is -2.20. The Balaban J connectivity index is 3.01. The van der Waals surface area contributed by atoms with E-state index in [0.717, 1.165) is 4.90 Å². The summed E-state index contributed by atoms with van der Waals surface area (Å²) in [5.41, 5.74) is -1.03.